The average molecular weight is 343 g/mol. The third kappa shape index (κ3) is 3.25. The van der Waals surface area contributed by atoms with Gasteiger partial charge in [-0.2, -0.15) is 5.10 Å². The summed E-state index contributed by atoms with van der Waals surface area (Å²) in [5.41, 5.74) is 2.64. The van der Waals surface area contributed by atoms with E-state index in [-0.39, 0.29) is 6.03 Å². The zero-order valence-electron chi connectivity index (χ0n) is 14.2. The number of hydrogen-bond acceptors (Lipinski definition) is 3. The minimum Gasteiger partial charge on any atom is -0.308 e. The number of benzene rings is 2. The number of urea groups is 1. The Morgan fingerprint density at radius 2 is 1.81 bits per heavy atom. The molecule has 26 heavy (non-hydrogen) atoms. The molecular weight excluding hydrogens is 326 g/mol. The lowest BCUT2D eigenvalue weighted by atomic mass is 10.1. The predicted octanol–water partition coefficient (Wildman–Crippen LogP) is 4.28. The van der Waals surface area contributed by atoms with Gasteiger partial charge in [-0.3, -0.25) is 15.0 Å². The van der Waals surface area contributed by atoms with Crippen molar-refractivity contribution in [3.05, 3.63) is 73.1 Å². The Balaban J connectivity index is 1.55. The summed E-state index contributed by atoms with van der Waals surface area (Å²) in [4.78, 5) is 16.3. The van der Waals surface area contributed by atoms with Crippen LogP contribution in [0.2, 0.25) is 0 Å². The molecule has 0 bridgehead atoms. The highest BCUT2D eigenvalue weighted by Gasteiger charge is 2.11. The van der Waals surface area contributed by atoms with Crippen molar-refractivity contribution in [3.63, 3.8) is 0 Å². The van der Waals surface area contributed by atoms with Crippen molar-refractivity contribution in [2.24, 2.45) is 7.05 Å². The summed E-state index contributed by atoms with van der Waals surface area (Å²) >= 11 is 0. The summed E-state index contributed by atoms with van der Waals surface area (Å²) in [6.07, 6.45) is 3.61. The van der Waals surface area contributed by atoms with Gasteiger partial charge in [-0.1, -0.05) is 30.3 Å². The van der Waals surface area contributed by atoms with Crippen LogP contribution in [0.4, 0.5) is 16.3 Å². The van der Waals surface area contributed by atoms with Crippen LogP contribution in [0.3, 0.4) is 0 Å². The molecule has 0 radical (unpaired) electrons. The second-order valence-corrected chi connectivity index (χ2v) is 5.92. The quantitative estimate of drug-likeness (QED) is 0.583. The maximum Gasteiger partial charge on any atom is 0.324 e. The average Bonchev–Trinajstić information content (AvgIpc) is 3.02. The van der Waals surface area contributed by atoms with Gasteiger partial charge in [-0.05, 0) is 29.7 Å². The maximum absolute atomic E-state index is 12.1. The van der Waals surface area contributed by atoms with Crippen LogP contribution in [0.1, 0.15) is 0 Å². The number of pyridine rings is 1. The number of aryl methyl sites for hydroxylation is 1. The molecule has 128 valence electrons. The van der Waals surface area contributed by atoms with Gasteiger partial charge in [0.1, 0.15) is 0 Å². The Bertz CT molecular complexity index is 1070. The van der Waals surface area contributed by atoms with Crippen molar-refractivity contribution in [1.29, 1.82) is 0 Å². The number of para-hydroxylation sites is 1. The molecule has 2 aromatic heterocycles. The van der Waals surface area contributed by atoms with E-state index in [1.165, 1.54) is 0 Å². The molecule has 4 aromatic rings. The van der Waals surface area contributed by atoms with E-state index in [4.69, 9.17) is 0 Å². The topological polar surface area (TPSA) is 71.8 Å². The number of aromatic nitrogens is 3. The van der Waals surface area contributed by atoms with Gasteiger partial charge in [0, 0.05) is 42.1 Å². The summed E-state index contributed by atoms with van der Waals surface area (Å²) in [5.74, 6) is 0.488. The minimum absolute atomic E-state index is 0.330. The lowest BCUT2D eigenvalue weighted by Gasteiger charge is -2.04. The first-order valence-electron chi connectivity index (χ1n) is 8.20. The van der Waals surface area contributed by atoms with Crippen molar-refractivity contribution >= 4 is 28.3 Å². The highest BCUT2D eigenvalue weighted by atomic mass is 16.2. The minimum atomic E-state index is -0.330. The number of carbonyl (C=O) groups excluding carboxylic acids is 1. The molecule has 2 aromatic carbocycles. The summed E-state index contributed by atoms with van der Waals surface area (Å²) in [6.45, 7) is 0. The van der Waals surface area contributed by atoms with E-state index in [2.05, 4.69) is 32.8 Å². The monoisotopic (exact) mass is 343 g/mol. The van der Waals surface area contributed by atoms with Crippen LogP contribution in [0.25, 0.3) is 22.0 Å². The van der Waals surface area contributed by atoms with E-state index in [1.807, 2.05) is 61.8 Å². The number of anilines is 2. The molecule has 0 aliphatic carbocycles. The van der Waals surface area contributed by atoms with Gasteiger partial charge in [-0.15, -0.1) is 0 Å². The van der Waals surface area contributed by atoms with Crippen LogP contribution in [-0.4, -0.2) is 20.8 Å². The van der Waals surface area contributed by atoms with E-state index in [0.29, 0.717) is 5.82 Å². The van der Waals surface area contributed by atoms with Crippen LogP contribution in [0.15, 0.2) is 73.1 Å². The zero-order valence-corrected chi connectivity index (χ0v) is 14.2. The Kier molecular flexibility index (Phi) is 4.07. The van der Waals surface area contributed by atoms with Crippen LogP contribution >= 0.6 is 0 Å². The smallest absolute Gasteiger partial charge is 0.308 e. The second kappa shape index (κ2) is 6.68. The van der Waals surface area contributed by atoms with Gasteiger partial charge >= 0.3 is 6.03 Å². The van der Waals surface area contributed by atoms with Gasteiger partial charge in [0.15, 0.2) is 5.82 Å². The lowest BCUT2D eigenvalue weighted by molar-refractivity contribution is 0.262. The number of hydrogen-bond donors (Lipinski definition) is 2. The molecule has 0 atom stereocenters. The van der Waals surface area contributed by atoms with Gasteiger partial charge in [0.05, 0.1) is 5.69 Å². The lowest BCUT2D eigenvalue weighted by Crippen LogP contribution is -2.19. The van der Waals surface area contributed by atoms with E-state index < -0.39 is 0 Å². The molecule has 0 saturated carbocycles. The van der Waals surface area contributed by atoms with Crippen molar-refractivity contribution < 1.29 is 4.79 Å². The molecular formula is C20H17N5O. The summed E-state index contributed by atoms with van der Waals surface area (Å²) < 4.78 is 1.75. The van der Waals surface area contributed by atoms with Crippen LogP contribution in [-0.2, 0) is 7.05 Å². The molecule has 2 heterocycles. The van der Waals surface area contributed by atoms with Crippen molar-refractivity contribution in [2.45, 2.75) is 0 Å². The first-order chi connectivity index (χ1) is 12.7. The standard InChI is InChI=1S/C20H17N5O/c1-25-18(15-8-7-14-9-10-21-13-16(14)11-15)12-19(24-25)23-20(26)22-17-5-3-2-4-6-17/h2-13H,1H3,(H2,22,23,24,26). The molecule has 0 aliphatic rings. The molecule has 0 fully saturated rings. The predicted molar refractivity (Wildman–Crippen MR) is 103 cm³/mol. The molecule has 6 nitrogen and oxygen atoms in total. The Hall–Kier alpha value is -3.67. The summed E-state index contributed by atoms with van der Waals surface area (Å²) in [5, 5.41) is 12.1. The van der Waals surface area contributed by atoms with E-state index in [1.54, 1.807) is 10.9 Å². The largest absolute Gasteiger partial charge is 0.324 e. The normalized spacial score (nSPS) is 10.7. The van der Waals surface area contributed by atoms with Crippen LogP contribution in [0.5, 0.6) is 0 Å². The van der Waals surface area contributed by atoms with Crippen LogP contribution in [0, 0.1) is 0 Å². The van der Waals surface area contributed by atoms with E-state index in [0.717, 1.165) is 27.7 Å². The first-order valence-corrected chi connectivity index (χ1v) is 8.20. The third-order valence-electron chi connectivity index (χ3n) is 4.09. The van der Waals surface area contributed by atoms with Gasteiger partial charge in [0.25, 0.3) is 0 Å². The molecule has 0 saturated heterocycles. The molecule has 4 rings (SSSR count). The highest BCUT2D eigenvalue weighted by Crippen LogP contribution is 2.25. The number of carbonyl (C=O) groups is 1. The molecule has 6 heteroatoms. The number of nitrogens with one attached hydrogen (secondary N) is 2. The highest BCUT2D eigenvalue weighted by molar-refractivity contribution is 5.99. The summed E-state index contributed by atoms with van der Waals surface area (Å²) in [7, 11) is 1.85. The van der Waals surface area contributed by atoms with Gasteiger partial charge in [-0.25, -0.2) is 4.79 Å². The Labute approximate surface area is 150 Å². The Morgan fingerprint density at radius 1 is 0.962 bits per heavy atom. The number of rotatable bonds is 3. The van der Waals surface area contributed by atoms with Crippen molar-refractivity contribution in [2.75, 3.05) is 10.6 Å². The van der Waals surface area contributed by atoms with E-state index in [9.17, 15) is 4.79 Å². The first kappa shape index (κ1) is 15.8. The molecule has 0 aliphatic heterocycles. The van der Waals surface area contributed by atoms with Crippen molar-refractivity contribution in [3.8, 4) is 11.3 Å². The maximum atomic E-state index is 12.1. The summed E-state index contributed by atoms with van der Waals surface area (Å²) in [6, 6.07) is 18.9. The molecule has 2 N–H and O–H groups in total. The molecule has 2 amide bonds. The Morgan fingerprint density at radius 3 is 2.65 bits per heavy atom. The van der Waals surface area contributed by atoms with Crippen molar-refractivity contribution in [1.82, 2.24) is 14.8 Å². The van der Waals surface area contributed by atoms with Gasteiger partial charge in [0.2, 0.25) is 0 Å². The molecule has 0 spiro atoms. The SMILES string of the molecule is Cn1nc(NC(=O)Nc2ccccc2)cc1-c1ccc2ccncc2c1. The van der Waals surface area contributed by atoms with E-state index >= 15 is 0 Å². The fourth-order valence-corrected chi connectivity index (χ4v) is 2.84. The zero-order chi connectivity index (χ0) is 17.9. The second-order valence-electron chi connectivity index (χ2n) is 5.92. The third-order valence-corrected chi connectivity index (χ3v) is 4.09. The molecule has 0 unspecified atom stereocenters. The fourth-order valence-electron chi connectivity index (χ4n) is 2.84. The fraction of sp³-hybridized carbons (Fsp3) is 0.0500. The number of fused-ring (bicyclic) bond motifs is 1. The van der Waals surface area contributed by atoms with Crippen LogP contribution < -0.4 is 10.6 Å². The van der Waals surface area contributed by atoms with Gasteiger partial charge < -0.3 is 5.32 Å². The number of nitrogens with zero attached hydrogens (tertiary/aromatic N) is 3. The number of amides is 2.